The molecule has 2 heteroatoms. The highest BCUT2D eigenvalue weighted by molar-refractivity contribution is 5.11. The van der Waals surface area contributed by atoms with Crippen LogP contribution in [0.5, 0.6) is 0 Å². The quantitative estimate of drug-likeness (QED) is 0.465. The average molecular weight is 367 g/mol. The molecule has 2 aromatic rings. The fourth-order valence-corrected chi connectivity index (χ4v) is 0.908. The van der Waals surface area contributed by atoms with Crippen LogP contribution in [-0.4, -0.2) is 9.97 Å². The predicted molar refractivity (Wildman–Crippen MR) is 126 cm³/mol. The van der Waals surface area contributed by atoms with Crippen molar-refractivity contribution in [1.29, 1.82) is 0 Å². The minimum absolute atomic E-state index is 0.961. The standard InChI is InChI=1S/C7H8.C5H6N2.6C2H6/c1-7-5-3-2-4-6-7;1-5-4-6-2-3-7-5;6*1-2/h2-6H,1H3;2-4H,1H3;6*1-2H3. The minimum Gasteiger partial charge on any atom is -0.261 e. The molecule has 0 bridgehead atoms. The summed E-state index contributed by atoms with van der Waals surface area (Å²) in [6, 6.07) is 10.3. The molecule has 1 aromatic heterocycles. The highest BCUT2D eigenvalue weighted by Gasteiger charge is 1.74. The minimum atomic E-state index is 0.961. The fraction of sp³-hybridized carbons (Fsp3) is 0.583. The molecule has 0 unspecified atom stereocenters. The summed E-state index contributed by atoms with van der Waals surface area (Å²) in [6.07, 6.45) is 5.06. The smallest absolute Gasteiger partial charge is 0.0555 e. The Labute approximate surface area is 167 Å². The monoisotopic (exact) mass is 366 g/mol. The fourth-order valence-electron chi connectivity index (χ4n) is 0.908. The Bertz CT molecular complexity index is 308. The summed E-state index contributed by atoms with van der Waals surface area (Å²) in [5.74, 6) is 0. The van der Waals surface area contributed by atoms with Gasteiger partial charge in [0.25, 0.3) is 0 Å². The lowest BCUT2D eigenvalue weighted by molar-refractivity contribution is 1.12. The van der Waals surface area contributed by atoms with Crippen LogP contribution in [0.1, 0.15) is 94.3 Å². The number of aryl methyl sites for hydroxylation is 2. The van der Waals surface area contributed by atoms with Gasteiger partial charge in [-0.05, 0) is 13.8 Å². The molecule has 0 spiro atoms. The lowest BCUT2D eigenvalue weighted by atomic mass is 10.2. The van der Waals surface area contributed by atoms with Gasteiger partial charge in [0.05, 0.1) is 5.69 Å². The number of hydrogen-bond donors (Lipinski definition) is 0. The first kappa shape index (κ1) is 39.4. The highest BCUT2D eigenvalue weighted by atomic mass is 14.7. The van der Waals surface area contributed by atoms with Gasteiger partial charge in [-0.2, -0.15) is 0 Å². The molecule has 0 amide bonds. The number of hydrogen-bond acceptors (Lipinski definition) is 2. The summed E-state index contributed by atoms with van der Waals surface area (Å²) >= 11 is 0. The third-order valence-electron chi connectivity index (χ3n) is 1.63. The molecule has 0 aliphatic rings. The summed E-state index contributed by atoms with van der Waals surface area (Å²) in [5, 5.41) is 0. The second kappa shape index (κ2) is 56.7. The third kappa shape index (κ3) is 49.5. The van der Waals surface area contributed by atoms with Crippen molar-refractivity contribution in [2.75, 3.05) is 0 Å². The van der Waals surface area contributed by atoms with Gasteiger partial charge in [-0.1, -0.05) is 119 Å². The molecule has 0 aliphatic carbocycles. The van der Waals surface area contributed by atoms with Gasteiger partial charge >= 0.3 is 0 Å². The molecule has 156 valence electrons. The summed E-state index contributed by atoms with van der Waals surface area (Å²) in [6.45, 7) is 28.0. The van der Waals surface area contributed by atoms with E-state index in [0.29, 0.717) is 0 Å². The van der Waals surface area contributed by atoms with E-state index < -0.39 is 0 Å². The van der Waals surface area contributed by atoms with Crippen LogP contribution in [0.4, 0.5) is 0 Å². The molecule has 26 heavy (non-hydrogen) atoms. The van der Waals surface area contributed by atoms with E-state index >= 15 is 0 Å². The van der Waals surface area contributed by atoms with E-state index in [1.165, 1.54) is 5.56 Å². The Morgan fingerprint density at radius 1 is 0.538 bits per heavy atom. The second-order valence-corrected chi connectivity index (χ2v) is 3.00. The van der Waals surface area contributed by atoms with Crippen LogP contribution in [0.15, 0.2) is 48.9 Å². The largest absolute Gasteiger partial charge is 0.261 e. The SMILES string of the molecule is CC.CC.CC.CC.CC.CC.Cc1ccccc1.Cc1cnccn1. The molecule has 0 N–H and O–H groups in total. The summed E-state index contributed by atoms with van der Waals surface area (Å²) < 4.78 is 0. The van der Waals surface area contributed by atoms with E-state index in [1.807, 2.05) is 108 Å². The highest BCUT2D eigenvalue weighted by Crippen LogP contribution is 1.92. The van der Waals surface area contributed by atoms with Crippen LogP contribution in [0.3, 0.4) is 0 Å². The van der Waals surface area contributed by atoms with Gasteiger partial charge in [0.1, 0.15) is 0 Å². The summed E-state index contributed by atoms with van der Waals surface area (Å²) in [7, 11) is 0. The van der Waals surface area contributed by atoms with E-state index in [4.69, 9.17) is 0 Å². The normalized spacial score (nSPS) is 6.08. The molecule has 0 aliphatic heterocycles. The Morgan fingerprint density at radius 3 is 1.08 bits per heavy atom. The second-order valence-electron chi connectivity index (χ2n) is 3.00. The van der Waals surface area contributed by atoms with Crippen LogP contribution in [-0.2, 0) is 0 Å². The van der Waals surface area contributed by atoms with Crippen molar-refractivity contribution in [3.8, 4) is 0 Å². The van der Waals surface area contributed by atoms with Gasteiger partial charge < -0.3 is 0 Å². The predicted octanol–water partition coefficient (Wildman–Crippen LogP) is 8.94. The van der Waals surface area contributed by atoms with Crippen LogP contribution in [0.25, 0.3) is 0 Å². The first-order valence-corrected chi connectivity index (χ1v) is 10.5. The zero-order chi connectivity index (χ0) is 22.2. The van der Waals surface area contributed by atoms with Crippen molar-refractivity contribution in [3.05, 3.63) is 60.2 Å². The van der Waals surface area contributed by atoms with Crippen LogP contribution in [0, 0.1) is 13.8 Å². The van der Waals surface area contributed by atoms with Crippen molar-refractivity contribution in [3.63, 3.8) is 0 Å². The molecule has 0 saturated carbocycles. The van der Waals surface area contributed by atoms with Crippen LogP contribution < -0.4 is 0 Å². The molecule has 2 rings (SSSR count). The Balaban J connectivity index is -0.0000000493. The van der Waals surface area contributed by atoms with E-state index in [9.17, 15) is 0 Å². The van der Waals surface area contributed by atoms with Crippen molar-refractivity contribution in [2.24, 2.45) is 0 Å². The van der Waals surface area contributed by atoms with Gasteiger partial charge in [0.15, 0.2) is 0 Å². The number of benzene rings is 1. The number of rotatable bonds is 0. The van der Waals surface area contributed by atoms with Gasteiger partial charge in [0, 0.05) is 18.6 Å². The van der Waals surface area contributed by atoms with E-state index in [2.05, 4.69) is 29.0 Å². The van der Waals surface area contributed by atoms with Crippen LogP contribution >= 0.6 is 0 Å². The zero-order valence-corrected chi connectivity index (χ0v) is 20.5. The van der Waals surface area contributed by atoms with Gasteiger partial charge in [-0.3, -0.25) is 9.97 Å². The first-order valence-electron chi connectivity index (χ1n) is 10.5. The average Bonchev–Trinajstić information content (AvgIpc) is 2.78. The molecule has 0 saturated heterocycles. The van der Waals surface area contributed by atoms with Crippen molar-refractivity contribution in [1.82, 2.24) is 9.97 Å². The van der Waals surface area contributed by atoms with E-state index in [-0.39, 0.29) is 0 Å². The van der Waals surface area contributed by atoms with Gasteiger partial charge in [-0.15, -0.1) is 0 Å². The van der Waals surface area contributed by atoms with E-state index in [0.717, 1.165) is 5.69 Å². The maximum Gasteiger partial charge on any atom is 0.0555 e. The van der Waals surface area contributed by atoms with Crippen LogP contribution in [0.2, 0.25) is 0 Å². The molecule has 2 nitrogen and oxygen atoms in total. The Morgan fingerprint density at radius 2 is 0.923 bits per heavy atom. The van der Waals surface area contributed by atoms with Crippen molar-refractivity contribution >= 4 is 0 Å². The number of aromatic nitrogens is 2. The van der Waals surface area contributed by atoms with Gasteiger partial charge in [-0.25, -0.2) is 0 Å². The number of nitrogens with zero attached hydrogens (tertiary/aromatic N) is 2. The Hall–Kier alpha value is -1.70. The zero-order valence-electron chi connectivity index (χ0n) is 20.5. The lowest BCUT2D eigenvalue weighted by Crippen LogP contribution is -1.77. The molecule has 0 fully saturated rings. The molecule has 0 atom stereocenters. The molecule has 1 heterocycles. The third-order valence-corrected chi connectivity index (χ3v) is 1.63. The van der Waals surface area contributed by atoms with E-state index in [1.54, 1.807) is 18.6 Å². The Kier molecular flexibility index (Phi) is 85.8. The first-order chi connectivity index (χ1) is 12.8. The summed E-state index contributed by atoms with van der Waals surface area (Å²) in [5.41, 5.74) is 2.28. The topological polar surface area (TPSA) is 25.8 Å². The molecular formula is C24H50N2. The molecular weight excluding hydrogens is 316 g/mol. The maximum absolute atomic E-state index is 3.92. The molecule has 1 aromatic carbocycles. The van der Waals surface area contributed by atoms with Crippen molar-refractivity contribution < 1.29 is 0 Å². The van der Waals surface area contributed by atoms with Crippen molar-refractivity contribution in [2.45, 2.75) is 96.9 Å². The summed E-state index contributed by atoms with van der Waals surface area (Å²) in [4.78, 5) is 7.74. The molecule has 0 radical (unpaired) electrons. The van der Waals surface area contributed by atoms with Gasteiger partial charge in [0.2, 0.25) is 0 Å². The maximum atomic E-state index is 3.92. The lowest BCUT2D eigenvalue weighted by Gasteiger charge is -1.82.